The lowest BCUT2D eigenvalue weighted by Gasteiger charge is -2.40. The molecule has 0 saturated carbocycles. The van der Waals surface area contributed by atoms with E-state index in [1.807, 2.05) is 30.6 Å². The first-order valence-electron chi connectivity index (χ1n) is 34.8. The molecular formula is C92H70N2O4Si4. The zero-order chi connectivity index (χ0) is 68.1. The number of fused-ring (bicyclic) bond motifs is 5. The predicted molar refractivity (Wildman–Crippen MR) is 430 cm³/mol. The number of hydrogen-bond acceptors (Lipinski definition) is 4. The van der Waals surface area contributed by atoms with Crippen molar-refractivity contribution in [2.75, 3.05) is 0 Å². The van der Waals surface area contributed by atoms with Gasteiger partial charge in [0.1, 0.15) is 40.6 Å². The van der Waals surface area contributed by atoms with Gasteiger partial charge in [0.2, 0.25) is 16.1 Å². The maximum absolute atomic E-state index is 7.27. The van der Waals surface area contributed by atoms with Crippen LogP contribution in [0, 0.1) is 0 Å². The molecule has 0 aliphatic carbocycles. The van der Waals surface area contributed by atoms with Crippen molar-refractivity contribution in [3.8, 4) is 57.4 Å². The molecule has 18 rings (SSSR count). The fourth-order valence-corrected chi connectivity index (χ4v) is 31.9. The van der Waals surface area contributed by atoms with Crippen LogP contribution in [0.3, 0.4) is 0 Å². The fraction of sp³-hybridized carbons (Fsp3) is 0. The molecular weight excluding hydrogens is 1310 g/mol. The molecule has 6 nitrogen and oxygen atoms in total. The summed E-state index contributed by atoms with van der Waals surface area (Å²) in [5.74, 6) is 6.38. The van der Waals surface area contributed by atoms with Gasteiger partial charge in [0.25, 0.3) is 0 Å². The molecule has 0 radical (unpaired) electrons. The Balaban J connectivity index is 0.000000152. The molecule has 102 heavy (non-hydrogen) atoms. The number of aromatic nitrogens is 2. The van der Waals surface area contributed by atoms with Crippen LogP contribution in [0.4, 0.5) is 0 Å². The van der Waals surface area contributed by atoms with Gasteiger partial charge in [0.05, 0.1) is 23.0 Å². The third-order valence-corrected chi connectivity index (χ3v) is 35.8. The van der Waals surface area contributed by atoms with E-state index in [0.29, 0.717) is 11.5 Å². The molecule has 0 spiro atoms. The molecule has 0 fully saturated rings. The molecule has 0 bridgehead atoms. The van der Waals surface area contributed by atoms with Crippen molar-refractivity contribution in [2.24, 2.45) is 0 Å². The van der Waals surface area contributed by atoms with Crippen molar-refractivity contribution in [3.63, 3.8) is 0 Å². The molecule has 2 aliphatic heterocycles. The molecule has 0 unspecified atom stereocenters. The minimum Gasteiger partial charge on any atom is -0.452 e. The first-order chi connectivity index (χ1) is 50.6. The lowest BCUT2D eigenvalue weighted by Crippen LogP contribution is -2.80. The average molecular weight is 1380 g/mol. The average Bonchev–Trinajstić information content (AvgIpc) is 1.47. The zero-order valence-corrected chi connectivity index (χ0v) is 60.3. The highest BCUT2D eigenvalue weighted by atomic mass is 28.3. The lowest BCUT2D eigenvalue weighted by molar-refractivity contribution is 0.426. The van der Waals surface area contributed by atoms with Crippen LogP contribution < -0.4 is 91.8 Å². The van der Waals surface area contributed by atoms with E-state index in [9.17, 15) is 0 Å². The maximum Gasteiger partial charge on any atom is 0.208 e. The highest BCUT2D eigenvalue weighted by molar-refractivity contribution is 7.23. The molecule has 0 saturated heterocycles. The monoisotopic (exact) mass is 1380 g/mol. The van der Waals surface area contributed by atoms with Crippen LogP contribution in [-0.2, 0) is 0 Å². The highest BCUT2D eigenvalue weighted by Crippen LogP contribution is 2.44. The summed E-state index contributed by atoms with van der Waals surface area (Å²) in [7, 11) is -9.98. The second kappa shape index (κ2) is 28.1. The summed E-state index contributed by atoms with van der Waals surface area (Å²) in [6.45, 7) is 0. The Kier molecular flexibility index (Phi) is 17.4. The van der Waals surface area contributed by atoms with Crippen LogP contribution >= 0.6 is 0 Å². The number of rotatable bonds is 16. The van der Waals surface area contributed by atoms with Crippen LogP contribution in [0.2, 0.25) is 0 Å². The van der Waals surface area contributed by atoms with Crippen LogP contribution in [0.25, 0.3) is 11.4 Å². The van der Waals surface area contributed by atoms with Crippen molar-refractivity contribution in [3.05, 3.63) is 413 Å². The van der Waals surface area contributed by atoms with Crippen LogP contribution in [0.15, 0.2) is 413 Å². The summed E-state index contributed by atoms with van der Waals surface area (Å²) in [6.07, 6.45) is 4.07. The molecule has 14 aromatic carbocycles. The Morgan fingerprint density at radius 2 is 0.510 bits per heavy atom. The molecule has 16 aromatic rings. The molecule has 0 N–H and O–H groups in total. The minimum absolute atomic E-state index is 0.660. The Labute approximate surface area is 600 Å². The molecule has 4 heterocycles. The van der Waals surface area contributed by atoms with E-state index >= 15 is 0 Å². The van der Waals surface area contributed by atoms with Crippen molar-refractivity contribution in [1.82, 2.24) is 9.13 Å². The molecule has 0 amide bonds. The Hall–Kier alpha value is -12.3. The second-order valence-electron chi connectivity index (χ2n) is 25.7. The third kappa shape index (κ3) is 11.5. The Morgan fingerprint density at radius 1 is 0.245 bits per heavy atom. The predicted octanol–water partition coefficient (Wildman–Crippen LogP) is 12.0. The molecule has 2 aliphatic rings. The Morgan fingerprint density at radius 3 is 0.843 bits per heavy atom. The summed E-state index contributed by atoms with van der Waals surface area (Å²) >= 11 is 0. The van der Waals surface area contributed by atoms with Gasteiger partial charge >= 0.3 is 0 Å². The van der Waals surface area contributed by atoms with E-state index in [2.05, 4.69) is 391 Å². The van der Waals surface area contributed by atoms with E-state index in [4.69, 9.17) is 18.9 Å². The molecule has 488 valence electrons. The second-order valence-corrected chi connectivity index (χ2v) is 38.7. The Bertz CT molecular complexity index is 5060. The first kappa shape index (κ1) is 63.2. The highest BCUT2D eigenvalue weighted by Gasteiger charge is 2.59. The van der Waals surface area contributed by atoms with Crippen molar-refractivity contribution < 1.29 is 18.9 Å². The normalized spacial score (nSPS) is 12.8. The summed E-state index contributed by atoms with van der Waals surface area (Å²) < 4.78 is 33.2. The van der Waals surface area contributed by atoms with E-state index in [0.717, 1.165) is 45.9 Å². The molecule has 10 heteroatoms. The summed E-state index contributed by atoms with van der Waals surface area (Å²) in [5, 5.41) is 17.8. The van der Waals surface area contributed by atoms with Gasteiger partial charge < -0.3 is 28.1 Å². The van der Waals surface area contributed by atoms with E-state index in [1.165, 1.54) is 72.9 Å². The van der Waals surface area contributed by atoms with E-state index < -0.39 is 33.7 Å². The van der Waals surface area contributed by atoms with Gasteiger partial charge in [-0.3, -0.25) is 0 Å². The molecule has 0 atom stereocenters. The van der Waals surface area contributed by atoms with Crippen LogP contribution in [0.1, 0.15) is 0 Å². The number of benzene rings is 14. The summed E-state index contributed by atoms with van der Waals surface area (Å²) in [4.78, 5) is 0. The third-order valence-electron chi connectivity index (χ3n) is 19.9. The topological polar surface area (TPSA) is 46.8 Å². The van der Waals surface area contributed by atoms with Crippen LogP contribution in [-0.4, -0.2) is 42.9 Å². The van der Waals surface area contributed by atoms with Crippen molar-refractivity contribution in [1.29, 1.82) is 0 Å². The number of hydrogen-bond donors (Lipinski definition) is 0. The standard InChI is InChI=1S/C46H33NO2Si2.C46H37NO2Si2/c1-6-20-34(21-7-1)47-45-43(48-39-30-16-18-32-41(39)50(45,35-22-8-2-9-23-35)36-24-10-3-11-25-36)44-46(47)51(37-26-12-4-13-27-37,38-28-14-5-15-29-38)42-33-19-17-31-40(42)49-44;1-6-20-36(21-7-1)47-34-43(48-41-30-16-18-32-45(41)50(37-22-8-2-9-23-37)38-24-10-3-11-25-38)44(35-47)49-42-31-17-19-33-46(42)51(39-26-12-4-13-27-39)40-28-14-5-15-29-40/h1-33H;1-35,50-51H. The summed E-state index contributed by atoms with van der Waals surface area (Å²) in [5.41, 5.74) is 2.12. The van der Waals surface area contributed by atoms with Gasteiger partial charge in [-0.15, -0.1) is 0 Å². The number of para-hydroxylation sites is 6. The SMILES string of the molecule is c1ccc(-n2c3c(c4c2[Si](c2ccccc2)(c2ccccc2)c2ccccc2O4)Oc2ccccc2[Si]3(c2ccccc2)c2ccccc2)cc1.c1ccc(-n2cc(Oc3ccccc3[SiH](c3ccccc3)c3ccccc3)c(Oc3ccccc3[SiH](c3ccccc3)c3ccccc3)c2)cc1. The van der Waals surface area contributed by atoms with E-state index in [1.54, 1.807) is 0 Å². The fourth-order valence-electron chi connectivity index (χ4n) is 15.6. The smallest absolute Gasteiger partial charge is 0.208 e. The summed E-state index contributed by atoms with van der Waals surface area (Å²) in [6, 6.07) is 143. The largest absolute Gasteiger partial charge is 0.452 e. The van der Waals surface area contributed by atoms with Gasteiger partial charge in [-0.25, -0.2) is 0 Å². The van der Waals surface area contributed by atoms with Gasteiger partial charge in [-0.1, -0.05) is 373 Å². The van der Waals surface area contributed by atoms with Gasteiger partial charge in [0.15, 0.2) is 23.0 Å². The number of nitrogens with zero attached hydrogens (tertiary/aromatic N) is 2. The van der Waals surface area contributed by atoms with Gasteiger partial charge in [-0.05, 0) is 90.0 Å². The number of ether oxygens (including phenoxy) is 4. The minimum atomic E-state index is -3.11. The zero-order valence-electron chi connectivity index (χ0n) is 55.9. The van der Waals surface area contributed by atoms with Crippen molar-refractivity contribution in [2.45, 2.75) is 0 Å². The van der Waals surface area contributed by atoms with E-state index in [-0.39, 0.29) is 0 Å². The van der Waals surface area contributed by atoms with Gasteiger partial charge in [0, 0.05) is 11.4 Å². The quantitative estimate of drug-likeness (QED) is 0.0714. The van der Waals surface area contributed by atoms with Crippen molar-refractivity contribution >= 4 is 107 Å². The first-order valence-corrected chi connectivity index (χ1v) is 42.2. The molecule has 2 aromatic heterocycles. The maximum atomic E-state index is 7.27. The van der Waals surface area contributed by atoms with Gasteiger partial charge in [-0.2, -0.15) is 0 Å². The van der Waals surface area contributed by atoms with Crippen LogP contribution in [0.5, 0.6) is 46.0 Å². The lowest BCUT2D eigenvalue weighted by atomic mass is 10.3.